The Morgan fingerprint density at radius 2 is 1.87 bits per heavy atom. The van der Waals surface area contributed by atoms with Crippen molar-refractivity contribution < 1.29 is 9.53 Å². The third-order valence-corrected chi connectivity index (χ3v) is 5.19. The third-order valence-electron chi connectivity index (χ3n) is 5.19. The SMILES string of the molecule is CCOC(=O)[C@@H](C)n1cnc2c1c(=O)n(CCC(C)C)c(=O)n2-c1ccccc1C. The molecule has 0 aliphatic rings. The van der Waals surface area contributed by atoms with Crippen LogP contribution in [-0.4, -0.2) is 31.3 Å². The number of hydrogen-bond acceptors (Lipinski definition) is 5. The maximum absolute atomic E-state index is 13.4. The standard InChI is InChI=1S/C22H28N4O4/c1-6-30-21(28)16(5)25-13-23-19-18(25)20(27)24(12-11-14(2)3)22(29)26(19)17-10-8-7-9-15(17)4/h7-10,13-14,16H,6,11-12H2,1-5H3/t16-/m1/s1. The van der Waals surface area contributed by atoms with E-state index in [4.69, 9.17) is 4.74 Å². The number of para-hydroxylation sites is 1. The first-order valence-electron chi connectivity index (χ1n) is 10.2. The van der Waals surface area contributed by atoms with Gasteiger partial charge in [0.25, 0.3) is 5.56 Å². The van der Waals surface area contributed by atoms with Crippen molar-refractivity contribution in [3.8, 4) is 5.69 Å². The molecule has 0 aliphatic heterocycles. The summed E-state index contributed by atoms with van der Waals surface area (Å²) in [6.45, 7) is 9.88. The number of aromatic nitrogens is 4. The van der Waals surface area contributed by atoms with Crippen LogP contribution in [0, 0.1) is 12.8 Å². The summed E-state index contributed by atoms with van der Waals surface area (Å²) in [5, 5.41) is 0. The van der Waals surface area contributed by atoms with Gasteiger partial charge in [0.15, 0.2) is 11.2 Å². The summed E-state index contributed by atoms with van der Waals surface area (Å²) in [6.07, 6.45) is 2.10. The average Bonchev–Trinajstić information content (AvgIpc) is 3.13. The van der Waals surface area contributed by atoms with Crippen LogP contribution in [0.15, 0.2) is 40.2 Å². The third kappa shape index (κ3) is 3.81. The van der Waals surface area contributed by atoms with Crippen LogP contribution < -0.4 is 11.2 Å². The number of rotatable bonds is 7. The minimum Gasteiger partial charge on any atom is -0.464 e. The maximum atomic E-state index is 13.4. The molecule has 0 amide bonds. The van der Waals surface area contributed by atoms with Gasteiger partial charge in [0.2, 0.25) is 0 Å². The quantitative estimate of drug-likeness (QED) is 0.557. The summed E-state index contributed by atoms with van der Waals surface area (Å²) in [4.78, 5) is 43.4. The number of carbonyl (C=O) groups is 1. The molecule has 160 valence electrons. The minimum absolute atomic E-state index is 0.210. The van der Waals surface area contributed by atoms with Crippen LogP contribution in [0.25, 0.3) is 16.9 Å². The molecule has 0 aliphatic carbocycles. The molecule has 0 bridgehead atoms. The van der Waals surface area contributed by atoms with Gasteiger partial charge in [0, 0.05) is 6.54 Å². The molecule has 3 rings (SSSR count). The number of hydrogen-bond donors (Lipinski definition) is 0. The molecule has 0 spiro atoms. The molecule has 8 nitrogen and oxygen atoms in total. The molecule has 0 unspecified atom stereocenters. The Kier molecular flexibility index (Phi) is 6.24. The van der Waals surface area contributed by atoms with Gasteiger partial charge in [-0.3, -0.25) is 9.36 Å². The zero-order chi connectivity index (χ0) is 22.0. The zero-order valence-corrected chi connectivity index (χ0v) is 18.1. The lowest BCUT2D eigenvalue weighted by Crippen LogP contribution is -2.41. The normalized spacial score (nSPS) is 12.5. The fraction of sp³-hybridized carbons (Fsp3) is 0.455. The van der Waals surface area contributed by atoms with Crippen molar-refractivity contribution in [3.63, 3.8) is 0 Å². The Morgan fingerprint density at radius 3 is 2.50 bits per heavy atom. The number of carbonyl (C=O) groups excluding carboxylic acids is 1. The highest BCUT2D eigenvalue weighted by Gasteiger charge is 2.25. The van der Waals surface area contributed by atoms with E-state index in [2.05, 4.69) is 4.98 Å². The van der Waals surface area contributed by atoms with E-state index < -0.39 is 23.3 Å². The van der Waals surface area contributed by atoms with Crippen LogP contribution >= 0.6 is 0 Å². The van der Waals surface area contributed by atoms with Crippen molar-refractivity contribution in [2.24, 2.45) is 5.92 Å². The molecule has 0 radical (unpaired) electrons. The van der Waals surface area contributed by atoms with E-state index in [0.29, 0.717) is 18.0 Å². The first-order valence-corrected chi connectivity index (χ1v) is 10.2. The summed E-state index contributed by atoms with van der Waals surface area (Å²) in [6, 6.07) is 6.69. The maximum Gasteiger partial charge on any atom is 0.337 e. The van der Waals surface area contributed by atoms with Crippen molar-refractivity contribution in [1.82, 2.24) is 18.7 Å². The first-order chi connectivity index (χ1) is 14.3. The summed E-state index contributed by atoms with van der Waals surface area (Å²) < 4.78 is 9.31. The number of aryl methyl sites for hydroxylation is 1. The van der Waals surface area contributed by atoms with E-state index in [-0.39, 0.29) is 24.3 Å². The van der Waals surface area contributed by atoms with Gasteiger partial charge < -0.3 is 9.30 Å². The Balaban J connectivity index is 2.35. The minimum atomic E-state index is -0.746. The number of fused-ring (bicyclic) bond motifs is 1. The van der Waals surface area contributed by atoms with Gasteiger partial charge in [0.05, 0.1) is 18.6 Å². The topological polar surface area (TPSA) is 88.1 Å². The van der Waals surface area contributed by atoms with Crippen LogP contribution in [-0.2, 0) is 16.1 Å². The molecular formula is C22H28N4O4. The number of ether oxygens (including phenoxy) is 1. The molecule has 0 saturated carbocycles. The van der Waals surface area contributed by atoms with Crippen molar-refractivity contribution in [1.29, 1.82) is 0 Å². The molecule has 2 heterocycles. The van der Waals surface area contributed by atoms with E-state index in [1.165, 1.54) is 20.0 Å². The Hall–Kier alpha value is -3.16. The van der Waals surface area contributed by atoms with Gasteiger partial charge in [-0.25, -0.2) is 19.1 Å². The largest absolute Gasteiger partial charge is 0.464 e. The average molecular weight is 412 g/mol. The lowest BCUT2D eigenvalue weighted by molar-refractivity contribution is -0.146. The molecule has 0 saturated heterocycles. The first kappa shape index (κ1) is 21.5. The molecule has 2 aromatic heterocycles. The van der Waals surface area contributed by atoms with Gasteiger partial charge in [-0.1, -0.05) is 32.0 Å². The molecule has 0 fully saturated rings. The number of benzene rings is 1. The molecule has 3 aromatic rings. The molecule has 30 heavy (non-hydrogen) atoms. The Morgan fingerprint density at radius 1 is 1.17 bits per heavy atom. The molecular weight excluding hydrogens is 384 g/mol. The predicted molar refractivity (Wildman–Crippen MR) is 115 cm³/mol. The molecule has 0 N–H and O–H groups in total. The van der Waals surface area contributed by atoms with Crippen LogP contribution in [0.5, 0.6) is 0 Å². The van der Waals surface area contributed by atoms with E-state index in [1.54, 1.807) is 13.8 Å². The van der Waals surface area contributed by atoms with Gasteiger partial charge in [-0.05, 0) is 44.7 Å². The fourth-order valence-electron chi connectivity index (χ4n) is 3.43. The van der Waals surface area contributed by atoms with Crippen LogP contribution in [0.3, 0.4) is 0 Å². The highest BCUT2D eigenvalue weighted by molar-refractivity contribution is 5.79. The van der Waals surface area contributed by atoms with Crippen LogP contribution in [0.2, 0.25) is 0 Å². The smallest absolute Gasteiger partial charge is 0.337 e. The number of nitrogens with zero attached hydrogens (tertiary/aromatic N) is 4. The van der Waals surface area contributed by atoms with Crippen LogP contribution in [0.4, 0.5) is 0 Å². The van der Waals surface area contributed by atoms with Crippen molar-refractivity contribution >= 4 is 17.1 Å². The zero-order valence-electron chi connectivity index (χ0n) is 18.1. The Labute approximate surface area is 174 Å². The predicted octanol–water partition coefficient (Wildman–Crippen LogP) is 2.83. The second-order valence-corrected chi connectivity index (χ2v) is 7.80. The van der Waals surface area contributed by atoms with E-state index >= 15 is 0 Å². The van der Waals surface area contributed by atoms with Crippen molar-refractivity contribution in [2.75, 3.05) is 6.61 Å². The van der Waals surface area contributed by atoms with Crippen LogP contribution in [0.1, 0.15) is 45.7 Å². The summed E-state index contributed by atoms with van der Waals surface area (Å²) >= 11 is 0. The summed E-state index contributed by atoms with van der Waals surface area (Å²) in [5.41, 5.74) is 1.09. The van der Waals surface area contributed by atoms with Gasteiger partial charge in [-0.15, -0.1) is 0 Å². The monoisotopic (exact) mass is 412 g/mol. The highest BCUT2D eigenvalue weighted by atomic mass is 16.5. The summed E-state index contributed by atoms with van der Waals surface area (Å²) in [5.74, 6) is -0.138. The van der Waals surface area contributed by atoms with E-state index in [9.17, 15) is 14.4 Å². The highest BCUT2D eigenvalue weighted by Crippen LogP contribution is 2.19. The van der Waals surface area contributed by atoms with Gasteiger partial charge in [0.1, 0.15) is 6.04 Å². The molecule has 1 atom stereocenters. The summed E-state index contributed by atoms with van der Waals surface area (Å²) in [7, 11) is 0. The lowest BCUT2D eigenvalue weighted by Gasteiger charge is -2.16. The van der Waals surface area contributed by atoms with E-state index in [0.717, 1.165) is 5.56 Å². The Bertz CT molecular complexity index is 1190. The number of imidazole rings is 1. The lowest BCUT2D eigenvalue weighted by atomic mass is 10.1. The second-order valence-electron chi connectivity index (χ2n) is 7.80. The fourth-order valence-corrected chi connectivity index (χ4v) is 3.43. The molecule has 8 heteroatoms. The molecule has 1 aromatic carbocycles. The van der Waals surface area contributed by atoms with Gasteiger partial charge >= 0.3 is 11.7 Å². The van der Waals surface area contributed by atoms with E-state index in [1.807, 2.05) is 45.0 Å². The van der Waals surface area contributed by atoms with Gasteiger partial charge in [-0.2, -0.15) is 0 Å². The second kappa shape index (κ2) is 8.69. The number of esters is 1. The van der Waals surface area contributed by atoms with Crippen molar-refractivity contribution in [2.45, 2.75) is 53.6 Å². The van der Waals surface area contributed by atoms with Crippen molar-refractivity contribution in [3.05, 3.63) is 57.0 Å².